The Hall–Kier alpha value is -4.07. The van der Waals surface area contributed by atoms with Gasteiger partial charge in [-0.05, 0) is 79.3 Å². The number of aromatic nitrogens is 2. The topological polar surface area (TPSA) is 99.6 Å². The zero-order valence-electron chi connectivity index (χ0n) is 23.2. The number of pyridine rings is 2. The molecule has 0 spiro atoms. The first kappa shape index (κ1) is 26.2. The standard InChI is InChI=1S/C32H36N6O2/c1-20-16-35-30(32(40)36-25-9-11-29(34-19-25)38-12-4-3-5-13-38)28-15-23(8-10-27(28)21(20)2)24-14-26(18-33-17-24)37-31(39)22-6-7-22/h8-11,14-15,17-22H,3-7,12-13,16H2,1-2H3,(H,36,40)(H,37,39). The summed E-state index contributed by atoms with van der Waals surface area (Å²) in [5, 5.41) is 6.02. The van der Waals surface area contributed by atoms with Gasteiger partial charge in [-0.2, -0.15) is 0 Å². The first-order chi connectivity index (χ1) is 19.5. The van der Waals surface area contributed by atoms with Gasteiger partial charge < -0.3 is 15.5 Å². The highest BCUT2D eigenvalue weighted by atomic mass is 16.2. The summed E-state index contributed by atoms with van der Waals surface area (Å²) in [5.74, 6) is 1.41. The van der Waals surface area contributed by atoms with Crippen molar-refractivity contribution in [2.24, 2.45) is 16.8 Å². The molecule has 2 aliphatic heterocycles. The van der Waals surface area contributed by atoms with Crippen LogP contribution in [0.2, 0.25) is 0 Å². The van der Waals surface area contributed by atoms with Crippen molar-refractivity contribution in [3.63, 3.8) is 0 Å². The molecule has 3 aromatic rings. The van der Waals surface area contributed by atoms with Crippen LogP contribution in [0.5, 0.6) is 0 Å². The van der Waals surface area contributed by atoms with E-state index >= 15 is 0 Å². The van der Waals surface area contributed by atoms with Crippen molar-refractivity contribution in [2.45, 2.75) is 51.9 Å². The third kappa shape index (κ3) is 5.62. The molecule has 0 radical (unpaired) electrons. The lowest BCUT2D eigenvalue weighted by atomic mass is 9.85. The minimum Gasteiger partial charge on any atom is -0.357 e. The molecule has 8 nitrogen and oxygen atoms in total. The monoisotopic (exact) mass is 536 g/mol. The van der Waals surface area contributed by atoms with E-state index < -0.39 is 0 Å². The second kappa shape index (κ2) is 11.2. The molecule has 0 bridgehead atoms. The molecule has 1 saturated heterocycles. The lowest BCUT2D eigenvalue weighted by molar-refractivity contribution is -0.117. The molecule has 206 valence electrons. The van der Waals surface area contributed by atoms with Crippen molar-refractivity contribution in [1.82, 2.24) is 9.97 Å². The van der Waals surface area contributed by atoms with Crippen molar-refractivity contribution in [3.8, 4) is 11.1 Å². The SMILES string of the molecule is CC1CN=C(C(=O)Nc2ccc(N3CCCCC3)nc2)c2cc(-c3cncc(NC(=O)C4CC4)c3)ccc2C1C. The fraction of sp³-hybridized carbons (Fsp3) is 0.406. The molecule has 2 fully saturated rings. The minimum absolute atomic E-state index is 0.0493. The van der Waals surface area contributed by atoms with Gasteiger partial charge in [-0.1, -0.05) is 26.0 Å². The Morgan fingerprint density at radius 3 is 2.45 bits per heavy atom. The molecule has 2 atom stereocenters. The number of anilines is 3. The van der Waals surface area contributed by atoms with Crippen molar-refractivity contribution in [2.75, 3.05) is 35.2 Å². The maximum atomic E-state index is 13.6. The Morgan fingerprint density at radius 2 is 1.70 bits per heavy atom. The molecule has 6 rings (SSSR count). The number of carbonyl (C=O) groups is 2. The molecule has 2 unspecified atom stereocenters. The summed E-state index contributed by atoms with van der Waals surface area (Å²) in [7, 11) is 0. The Labute approximate surface area is 235 Å². The first-order valence-electron chi connectivity index (χ1n) is 14.4. The molecule has 2 amide bonds. The van der Waals surface area contributed by atoms with E-state index in [1.54, 1.807) is 18.6 Å². The van der Waals surface area contributed by atoms with Crippen LogP contribution in [0, 0.1) is 11.8 Å². The quantitative estimate of drug-likeness (QED) is 0.423. The molecular weight excluding hydrogens is 500 g/mol. The highest BCUT2D eigenvalue weighted by molar-refractivity contribution is 6.49. The number of amides is 2. The number of rotatable bonds is 6. The largest absolute Gasteiger partial charge is 0.357 e. The average molecular weight is 537 g/mol. The molecule has 2 N–H and O–H groups in total. The molecule has 40 heavy (non-hydrogen) atoms. The van der Waals surface area contributed by atoms with Crippen LogP contribution in [0.1, 0.15) is 63.0 Å². The number of benzene rings is 1. The van der Waals surface area contributed by atoms with E-state index in [1.165, 1.54) is 19.3 Å². The van der Waals surface area contributed by atoms with Crippen LogP contribution in [0.4, 0.5) is 17.2 Å². The molecule has 1 saturated carbocycles. The highest BCUT2D eigenvalue weighted by Crippen LogP contribution is 2.35. The van der Waals surface area contributed by atoms with E-state index in [0.717, 1.165) is 54.0 Å². The van der Waals surface area contributed by atoms with Crippen LogP contribution in [0.15, 0.2) is 60.0 Å². The fourth-order valence-electron chi connectivity index (χ4n) is 5.53. The van der Waals surface area contributed by atoms with Gasteiger partial charge >= 0.3 is 0 Å². The van der Waals surface area contributed by atoms with Crippen LogP contribution >= 0.6 is 0 Å². The number of piperidine rings is 1. The smallest absolute Gasteiger partial charge is 0.274 e. The van der Waals surface area contributed by atoms with Crippen LogP contribution in [-0.4, -0.2) is 47.1 Å². The zero-order chi connectivity index (χ0) is 27.6. The number of carbonyl (C=O) groups excluding carboxylic acids is 2. The molecule has 3 aliphatic rings. The Kier molecular flexibility index (Phi) is 7.32. The van der Waals surface area contributed by atoms with Crippen LogP contribution in [0.3, 0.4) is 0 Å². The molecule has 4 heterocycles. The third-order valence-electron chi connectivity index (χ3n) is 8.38. The second-order valence-electron chi connectivity index (χ2n) is 11.4. The second-order valence-corrected chi connectivity index (χ2v) is 11.4. The van der Waals surface area contributed by atoms with Gasteiger partial charge in [0.1, 0.15) is 11.5 Å². The summed E-state index contributed by atoms with van der Waals surface area (Å²) < 4.78 is 0. The lowest BCUT2D eigenvalue weighted by Crippen LogP contribution is -2.30. The Bertz CT molecular complexity index is 1440. The zero-order valence-corrected chi connectivity index (χ0v) is 23.2. The number of nitrogens with zero attached hydrogens (tertiary/aromatic N) is 4. The molecule has 8 heteroatoms. The maximum Gasteiger partial charge on any atom is 0.274 e. The molecule has 2 aromatic heterocycles. The number of nitrogens with one attached hydrogen (secondary N) is 2. The number of aliphatic imine (C=N–C) groups is 1. The third-order valence-corrected chi connectivity index (χ3v) is 8.38. The lowest BCUT2D eigenvalue weighted by Gasteiger charge is -2.27. The summed E-state index contributed by atoms with van der Waals surface area (Å²) in [5.41, 5.74) is 5.49. The number of hydrogen-bond donors (Lipinski definition) is 2. The summed E-state index contributed by atoms with van der Waals surface area (Å²) in [6.07, 6.45) is 10.7. The average Bonchev–Trinajstić information content (AvgIpc) is 3.84. The van der Waals surface area contributed by atoms with Crippen molar-refractivity contribution in [1.29, 1.82) is 0 Å². The normalized spacial score (nSPS) is 20.6. The summed E-state index contributed by atoms with van der Waals surface area (Å²) in [6, 6.07) is 12.0. The van der Waals surface area contributed by atoms with Gasteiger partial charge in [-0.3, -0.25) is 19.6 Å². The maximum absolute atomic E-state index is 13.6. The molecule has 1 aromatic carbocycles. The van der Waals surface area contributed by atoms with Crippen molar-refractivity contribution < 1.29 is 9.59 Å². The predicted octanol–water partition coefficient (Wildman–Crippen LogP) is 5.66. The number of fused-ring (bicyclic) bond motifs is 1. The Morgan fingerprint density at radius 1 is 0.875 bits per heavy atom. The van der Waals surface area contributed by atoms with E-state index in [-0.39, 0.29) is 23.7 Å². The Balaban J connectivity index is 1.26. The number of hydrogen-bond acceptors (Lipinski definition) is 6. The summed E-state index contributed by atoms with van der Waals surface area (Å²) >= 11 is 0. The van der Waals surface area contributed by atoms with Crippen LogP contribution in [-0.2, 0) is 9.59 Å². The van der Waals surface area contributed by atoms with E-state index in [0.29, 0.717) is 29.5 Å². The van der Waals surface area contributed by atoms with Gasteiger partial charge in [0.2, 0.25) is 5.91 Å². The van der Waals surface area contributed by atoms with Crippen molar-refractivity contribution >= 4 is 34.7 Å². The van der Waals surface area contributed by atoms with E-state index in [2.05, 4.69) is 51.5 Å². The summed E-state index contributed by atoms with van der Waals surface area (Å²) in [6.45, 7) is 6.99. The first-order valence-corrected chi connectivity index (χ1v) is 14.4. The van der Waals surface area contributed by atoms with Gasteiger partial charge in [0.15, 0.2) is 0 Å². The van der Waals surface area contributed by atoms with Gasteiger partial charge in [0.25, 0.3) is 5.91 Å². The molecule has 1 aliphatic carbocycles. The minimum atomic E-state index is -0.240. The van der Waals surface area contributed by atoms with E-state index in [9.17, 15) is 9.59 Å². The van der Waals surface area contributed by atoms with E-state index in [4.69, 9.17) is 4.99 Å². The van der Waals surface area contributed by atoms with Gasteiger partial charge in [-0.15, -0.1) is 0 Å². The fourth-order valence-corrected chi connectivity index (χ4v) is 5.53. The molecular formula is C32H36N6O2. The highest BCUT2D eigenvalue weighted by Gasteiger charge is 2.30. The predicted molar refractivity (Wildman–Crippen MR) is 159 cm³/mol. The van der Waals surface area contributed by atoms with Crippen LogP contribution in [0.25, 0.3) is 11.1 Å². The van der Waals surface area contributed by atoms with Gasteiger partial charge in [0.05, 0.1) is 23.8 Å². The van der Waals surface area contributed by atoms with Gasteiger partial charge in [0, 0.05) is 42.9 Å². The van der Waals surface area contributed by atoms with Crippen molar-refractivity contribution in [3.05, 3.63) is 66.1 Å². The van der Waals surface area contributed by atoms with Gasteiger partial charge in [-0.25, -0.2) is 4.98 Å². The van der Waals surface area contributed by atoms with Crippen LogP contribution < -0.4 is 15.5 Å². The van der Waals surface area contributed by atoms with E-state index in [1.807, 2.05) is 24.3 Å². The summed E-state index contributed by atoms with van der Waals surface area (Å²) in [4.78, 5) is 42.0.